The van der Waals surface area contributed by atoms with Crippen LogP contribution in [0.5, 0.6) is 0 Å². The zero-order valence-electron chi connectivity index (χ0n) is 10.3. The van der Waals surface area contributed by atoms with Gasteiger partial charge in [-0.2, -0.15) is 0 Å². The first-order chi connectivity index (χ1) is 9.13. The van der Waals surface area contributed by atoms with Gasteiger partial charge in [0.1, 0.15) is 0 Å². The molecule has 3 rings (SSSR count). The molecule has 2 N–H and O–H groups in total. The third-order valence-electron chi connectivity index (χ3n) is 3.38. The highest BCUT2D eigenvalue weighted by atomic mass is 32.1. The van der Waals surface area contributed by atoms with E-state index >= 15 is 0 Å². The molecule has 2 aromatic rings. The number of aromatic nitrogens is 1. The Morgan fingerprint density at radius 1 is 1.42 bits per heavy atom. The average molecular weight is 278 g/mol. The fourth-order valence-electron chi connectivity index (χ4n) is 2.24. The number of hydrogen-bond donors (Lipinski definition) is 1. The molecule has 0 amide bonds. The molecule has 1 aromatic heterocycles. The first-order valence-electron chi connectivity index (χ1n) is 6.19. The molecule has 1 saturated heterocycles. The molecular formula is C12H14N4O2S. The van der Waals surface area contributed by atoms with E-state index in [4.69, 9.17) is 5.73 Å². The van der Waals surface area contributed by atoms with Gasteiger partial charge in [0.15, 0.2) is 5.13 Å². The number of piperidine rings is 1. The van der Waals surface area contributed by atoms with Gasteiger partial charge in [-0.15, -0.1) is 0 Å². The second kappa shape index (κ2) is 4.75. The maximum Gasteiger partial charge on any atom is 0.271 e. The normalized spacial score (nSPS) is 17.0. The van der Waals surface area contributed by atoms with Crippen LogP contribution in [-0.2, 0) is 0 Å². The van der Waals surface area contributed by atoms with Gasteiger partial charge in [0.25, 0.3) is 5.69 Å². The minimum absolute atomic E-state index is 0.0880. The molecule has 6 nitrogen and oxygen atoms in total. The summed E-state index contributed by atoms with van der Waals surface area (Å²) in [5.74, 6) is 0. The Morgan fingerprint density at radius 3 is 2.84 bits per heavy atom. The van der Waals surface area contributed by atoms with Crippen LogP contribution in [0.4, 0.5) is 10.8 Å². The summed E-state index contributed by atoms with van der Waals surface area (Å²) in [6.07, 6.45) is 1.94. The van der Waals surface area contributed by atoms with Crippen molar-refractivity contribution in [3.05, 3.63) is 28.3 Å². The molecule has 0 spiro atoms. The molecule has 1 aromatic carbocycles. The number of benzene rings is 1. The van der Waals surface area contributed by atoms with Crippen molar-refractivity contribution in [2.45, 2.75) is 18.9 Å². The lowest BCUT2D eigenvalue weighted by atomic mass is 10.1. The van der Waals surface area contributed by atoms with Crippen LogP contribution in [0.25, 0.3) is 10.2 Å². The zero-order valence-corrected chi connectivity index (χ0v) is 11.1. The fourth-order valence-corrected chi connectivity index (χ4v) is 3.24. The molecule has 0 radical (unpaired) electrons. The molecule has 0 saturated carbocycles. The lowest BCUT2D eigenvalue weighted by Gasteiger charge is -2.29. The second-order valence-electron chi connectivity index (χ2n) is 4.73. The van der Waals surface area contributed by atoms with E-state index in [1.807, 2.05) is 0 Å². The summed E-state index contributed by atoms with van der Waals surface area (Å²) in [7, 11) is 0. The Kier molecular flexibility index (Phi) is 3.08. The number of nitro groups is 1. The molecule has 0 atom stereocenters. The van der Waals surface area contributed by atoms with E-state index in [2.05, 4.69) is 9.88 Å². The van der Waals surface area contributed by atoms with Crippen molar-refractivity contribution < 1.29 is 4.92 Å². The number of rotatable bonds is 2. The molecule has 100 valence electrons. The summed E-state index contributed by atoms with van der Waals surface area (Å²) in [5, 5.41) is 11.7. The predicted molar refractivity (Wildman–Crippen MR) is 75.7 cm³/mol. The molecule has 0 aliphatic carbocycles. The number of thiazole rings is 1. The van der Waals surface area contributed by atoms with Gasteiger partial charge in [-0.1, -0.05) is 11.3 Å². The summed E-state index contributed by atoms with van der Waals surface area (Å²) < 4.78 is 0.982. The number of nitro benzene ring substituents is 1. The van der Waals surface area contributed by atoms with Gasteiger partial charge in [-0.25, -0.2) is 4.98 Å². The van der Waals surface area contributed by atoms with Crippen molar-refractivity contribution in [2.24, 2.45) is 5.73 Å². The van der Waals surface area contributed by atoms with Crippen molar-refractivity contribution in [3.63, 3.8) is 0 Å². The Bertz CT molecular complexity index is 619. The van der Waals surface area contributed by atoms with Gasteiger partial charge in [-0.05, 0) is 18.9 Å². The van der Waals surface area contributed by atoms with Crippen LogP contribution in [0.15, 0.2) is 18.2 Å². The molecule has 1 aliphatic heterocycles. The van der Waals surface area contributed by atoms with Crippen LogP contribution in [0.1, 0.15) is 12.8 Å². The highest BCUT2D eigenvalue weighted by Crippen LogP contribution is 2.32. The summed E-state index contributed by atoms with van der Waals surface area (Å²) in [5.41, 5.74) is 6.67. The standard InChI is InChI=1S/C12H14N4O2S/c13-8-3-5-15(6-4-8)12-14-10-7-9(16(17)18)1-2-11(10)19-12/h1-2,7-8H,3-6,13H2. The van der Waals surface area contributed by atoms with Crippen LogP contribution in [-0.4, -0.2) is 29.0 Å². The zero-order chi connectivity index (χ0) is 13.4. The maximum absolute atomic E-state index is 10.7. The van der Waals surface area contributed by atoms with Crippen LogP contribution in [0, 0.1) is 10.1 Å². The third kappa shape index (κ3) is 2.39. The minimum Gasteiger partial charge on any atom is -0.348 e. The number of nitrogens with two attached hydrogens (primary N) is 1. The van der Waals surface area contributed by atoms with Crippen LogP contribution >= 0.6 is 11.3 Å². The van der Waals surface area contributed by atoms with E-state index in [-0.39, 0.29) is 11.7 Å². The van der Waals surface area contributed by atoms with E-state index in [0.29, 0.717) is 5.52 Å². The monoisotopic (exact) mass is 278 g/mol. The van der Waals surface area contributed by atoms with Gasteiger partial charge in [0.05, 0.1) is 15.1 Å². The Balaban J connectivity index is 1.91. The SMILES string of the molecule is NC1CCN(c2nc3cc([N+](=O)[O-])ccc3s2)CC1. The van der Waals surface area contributed by atoms with E-state index in [1.54, 1.807) is 17.4 Å². The molecular weight excluding hydrogens is 264 g/mol. The summed E-state index contributed by atoms with van der Waals surface area (Å²) in [4.78, 5) is 17.1. The van der Waals surface area contributed by atoms with E-state index in [0.717, 1.165) is 35.8 Å². The topological polar surface area (TPSA) is 85.3 Å². The van der Waals surface area contributed by atoms with E-state index in [1.165, 1.54) is 12.1 Å². The smallest absolute Gasteiger partial charge is 0.271 e. The molecule has 1 aliphatic rings. The second-order valence-corrected chi connectivity index (χ2v) is 5.74. The van der Waals surface area contributed by atoms with Gasteiger partial charge in [0.2, 0.25) is 0 Å². The van der Waals surface area contributed by atoms with Crippen LogP contribution < -0.4 is 10.6 Å². The predicted octanol–water partition coefficient (Wildman–Crippen LogP) is 2.13. The molecule has 1 fully saturated rings. The number of fused-ring (bicyclic) bond motifs is 1. The number of nitrogens with zero attached hydrogens (tertiary/aromatic N) is 3. The van der Waals surface area contributed by atoms with Crippen LogP contribution in [0.3, 0.4) is 0 Å². The van der Waals surface area contributed by atoms with E-state index in [9.17, 15) is 10.1 Å². The summed E-state index contributed by atoms with van der Waals surface area (Å²) in [6, 6.07) is 5.11. The van der Waals surface area contributed by atoms with Crippen molar-refractivity contribution in [1.29, 1.82) is 0 Å². The van der Waals surface area contributed by atoms with Crippen molar-refractivity contribution in [3.8, 4) is 0 Å². The Morgan fingerprint density at radius 2 is 2.16 bits per heavy atom. The largest absolute Gasteiger partial charge is 0.348 e. The first-order valence-corrected chi connectivity index (χ1v) is 7.00. The highest BCUT2D eigenvalue weighted by molar-refractivity contribution is 7.22. The van der Waals surface area contributed by atoms with Gasteiger partial charge < -0.3 is 10.6 Å². The van der Waals surface area contributed by atoms with Gasteiger partial charge in [-0.3, -0.25) is 10.1 Å². The highest BCUT2D eigenvalue weighted by Gasteiger charge is 2.19. The molecule has 19 heavy (non-hydrogen) atoms. The molecule has 0 bridgehead atoms. The Labute approximate surface area is 114 Å². The first kappa shape index (κ1) is 12.3. The summed E-state index contributed by atoms with van der Waals surface area (Å²) >= 11 is 1.58. The number of non-ortho nitro benzene ring substituents is 1. The number of anilines is 1. The lowest BCUT2D eigenvalue weighted by Crippen LogP contribution is -2.39. The lowest BCUT2D eigenvalue weighted by molar-refractivity contribution is -0.384. The van der Waals surface area contributed by atoms with Gasteiger partial charge >= 0.3 is 0 Å². The number of hydrogen-bond acceptors (Lipinski definition) is 6. The van der Waals surface area contributed by atoms with Crippen LogP contribution in [0.2, 0.25) is 0 Å². The quantitative estimate of drug-likeness (QED) is 0.672. The average Bonchev–Trinajstić information content (AvgIpc) is 2.82. The fraction of sp³-hybridized carbons (Fsp3) is 0.417. The van der Waals surface area contributed by atoms with E-state index < -0.39 is 4.92 Å². The van der Waals surface area contributed by atoms with Crippen molar-refractivity contribution in [2.75, 3.05) is 18.0 Å². The minimum atomic E-state index is -0.391. The summed E-state index contributed by atoms with van der Waals surface area (Å²) in [6.45, 7) is 1.81. The van der Waals surface area contributed by atoms with Crippen molar-refractivity contribution in [1.82, 2.24) is 4.98 Å². The molecule has 0 unspecified atom stereocenters. The molecule has 2 heterocycles. The van der Waals surface area contributed by atoms with Gasteiger partial charge in [0, 0.05) is 31.3 Å². The Hall–Kier alpha value is -1.73. The third-order valence-corrected chi connectivity index (χ3v) is 4.48. The molecule has 7 heteroatoms. The maximum atomic E-state index is 10.7. The van der Waals surface area contributed by atoms with Crippen molar-refractivity contribution >= 4 is 32.4 Å².